The standard InChI is InChI=1S/C20H21N3OS3/c1-3-25-19-21-22-20(27-19)26-14-17(24)23(2)18(15-10-6-4-7-11-15)16-12-8-5-9-13-16/h4-13,18H,3,14H2,1-2H3. The van der Waals surface area contributed by atoms with Gasteiger partial charge < -0.3 is 4.90 Å². The molecule has 0 bridgehead atoms. The monoisotopic (exact) mass is 415 g/mol. The Labute approximate surface area is 172 Å². The van der Waals surface area contributed by atoms with Gasteiger partial charge in [0.25, 0.3) is 0 Å². The first kappa shape index (κ1) is 19.9. The highest BCUT2D eigenvalue weighted by Gasteiger charge is 2.23. The molecule has 2 aromatic carbocycles. The molecule has 1 heterocycles. The van der Waals surface area contributed by atoms with E-state index in [1.807, 2.05) is 48.3 Å². The molecule has 0 saturated heterocycles. The lowest BCUT2D eigenvalue weighted by atomic mass is 9.97. The van der Waals surface area contributed by atoms with E-state index in [1.165, 1.54) is 11.8 Å². The topological polar surface area (TPSA) is 46.1 Å². The fourth-order valence-electron chi connectivity index (χ4n) is 2.72. The van der Waals surface area contributed by atoms with Crippen LogP contribution in [-0.2, 0) is 4.79 Å². The van der Waals surface area contributed by atoms with Crippen LogP contribution in [0.2, 0.25) is 0 Å². The molecule has 7 heteroatoms. The van der Waals surface area contributed by atoms with Crippen LogP contribution in [0.3, 0.4) is 0 Å². The quantitative estimate of drug-likeness (QED) is 0.485. The first-order valence-electron chi connectivity index (χ1n) is 8.63. The third kappa shape index (κ3) is 5.34. The Morgan fingerprint density at radius 3 is 2.00 bits per heavy atom. The molecule has 0 fully saturated rings. The third-order valence-electron chi connectivity index (χ3n) is 3.99. The zero-order valence-corrected chi connectivity index (χ0v) is 17.7. The molecule has 0 unspecified atom stereocenters. The molecule has 0 aliphatic rings. The van der Waals surface area contributed by atoms with E-state index in [0.29, 0.717) is 5.75 Å². The van der Waals surface area contributed by atoms with Crippen LogP contribution in [0.25, 0.3) is 0 Å². The Kier molecular flexibility index (Phi) is 7.32. The van der Waals surface area contributed by atoms with Gasteiger partial charge in [-0.25, -0.2) is 0 Å². The summed E-state index contributed by atoms with van der Waals surface area (Å²) in [4.78, 5) is 14.7. The van der Waals surface area contributed by atoms with Crippen molar-refractivity contribution in [2.75, 3.05) is 18.6 Å². The highest BCUT2D eigenvalue weighted by Crippen LogP contribution is 2.31. The van der Waals surface area contributed by atoms with Gasteiger partial charge in [-0.1, -0.05) is 102 Å². The fraction of sp³-hybridized carbons (Fsp3) is 0.250. The second kappa shape index (κ2) is 9.92. The van der Waals surface area contributed by atoms with E-state index in [0.717, 1.165) is 25.6 Å². The van der Waals surface area contributed by atoms with Gasteiger partial charge in [0.05, 0.1) is 11.8 Å². The molecule has 3 rings (SSSR count). The highest BCUT2D eigenvalue weighted by atomic mass is 32.2. The van der Waals surface area contributed by atoms with Crippen LogP contribution >= 0.6 is 34.9 Å². The van der Waals surface area contributed by atoms with E-state index in [4.69, 9.17) is 0 Å². The van der Waals surface area contributed by atoms with Gasteiger partial charge in [-0.3, -0.25) is 4.79 Å². The van der Waals surface area contributed by atoms with E-state index in [-0.39, 0.29) is 11.9 Å². The van der Waals surface area contributed by atoms with E-state index >= 15 is 0 Å². The number of rotatable bonds is 8. The molecule has 140 valence electrons. The molecule has 4 nitrogen and oxygen atoms in total. The number of hydrogen-bond acceptors (Lipinski definition) is 6. The number of hydrogen-bond donors (Lipinski definition) is 0. The number of nitrogens with zero attached hydrogens (tertiary/aromatic N) is 3. The lowest BCUT2D eigenvalue weighted by molar-refractivity contribution is -0.128. The van der Waals surface area contributed by atoms with Gasteiger partial charge in [-0.15, -0.1) is 10.2 Å². The second-order valence-corrected chi connectivity index (χ2v) is 9.50. The number of aromatic nitrogens is 2. The average Bonchev–Trinajstić information content (AvgIpc) is 3.16. The van der Waals surface area contributed by atoms with Crippen molar-refractivity contribution < 1.29 is 4.79 Å². The van der Waals surface area contributed by atoms with Crippen molar-refractivity contribution in [1.29, 1.82) is 0 Å². The summed E-state index contributed by atoms with van der Waals surface area (Å²) < 4.78 is 1.79. The predicted molar refractivity (Wildman–Crippen MR) is 115 cm³/mol. The lowest BCUT2D eigenvalue weighted by Gasteiger charge is -2.29. The molecule has 0 radical (unpaired) electrons. The van der Waals surface area contributed by atoms with Crippen molar-refractivity contribution in [3.63, 3.8) is 0 Å². The molecule has 0 aliphatic carbocycles. The van der Waals surface area contributed by atoms with Crippen molar-refractivity contribution in [2.45, 2.75) is 21.6 Å². The smallest absolute Gasteiger partial charge is 0.233 e. The molecular formula is C20H21N3OS3. The number of amides is 1. The Balaban J connectivity index is 1.73. The van der Waals surface area contributed by atoms with Crippen molar-refractivity contribution >= 4 is 40.8 Å². The number of thioether (sulfide) groups is 2. The molecule has 0 N–H and O–H groups in total. The van der Waals surface area contributed by atoms with Gasteiger partial charge in [0.1, 0.15) is 0 Å². The van der Waals surface area contributed by atoms with Crippen molar-refractivity contribution in [3.8, 4) is 0 Å². The maximum Gasteiger partial charge on any atom is 0.233 e. The van der Waals surface area contributed by atoms with Crippen LogP contribution in [0.1, 0.15) is 24.1 Å². The van der Waals surface area contributed by atoms with Crippen LogP contribution in [0.15, 0.2) is 69.3 Å². The van der Waals surface area contributed by atoms with Gasteiger partial charge in [0, 0.05) is 7.05 Å². The number of benzene rings is 2. The molecule has 3 aromatic rings. The molecule has 0 atom stereocenters. The molecule has 27 heavy (non-hydrogen) atoms. The van der Waals surface area contributed by atoms with Gasteiger partial charge in [0.15, 0.2) is 8.68 Å². The van der Waals surface area contributed by atoms with Crippen molar-refractivity contribution in [2.24, 2.45) is 0 Å². The molecule has 0 aliphatic heterocycles. The number of carbonyl (C=O) groups excluding carboxylic acids is 1. The van der Waals surface area contributed by atoms with Gasteiger partial charge >= 0.3 is 0 Å². The Morgan fingerprint density at radius 1 is 0.963 bits per heavy atom. The van der Waals surface area contributed by atoms with Gasteiger partial charge in [-0.2, -0.15) is 0 Å². The van der Waals surface area contributed by atoms with Crippen molar-refractivity contribution in [3.05, 3.63) is 71.8 Å². The first-order valence-corrected chi connectivity index (χ1v) is 11.4. The minimum Gasteiger partial charge on any atom is -0.334 e. The maximum absolute atomic E-state index is 12.9. The van der Waals surface area contributed by atoms with E-state index in [1.54, 1.807) is 23.1 Å². The first-order chi connectivity index (χ1) is 13.2. The van der Waals surface area contributed by atoms with Gasteiger partial charge in [0.2, 0.25) is 5.91 Å². The molecule has 1 aromatic heterocycles. The SMILES string of the molecule is CCSc1nnc(SCC(=O)N(C)C(c2ccccc2)c2ccccc2)s1. The Hall–Kier alpha value is -1.83. The Morgan fingerprint density at radius 2 is 1.48 bits per heavy atom. The maximum atomic E-state index is 12.9. The molecule has 1 amide bonds. The summed E-state index contributed by atoms with van der Waals surface area (Å²) in [5.41, 5.74) is 2.20. The van der Waals surface area contributed by atoms with Crippen LogP contribution < -0.4 is 0 Å². The normalized spacial score (nSPS) is 10.9. The second-order valence-electron chi connectivity index (χ2n) is 5.78. The summed E-state index contributed by atoms with van der Waals surface area (Å²) in [5, 5.41) is 8.31. The predicted octanol–water partition coefficient (Wildman–Crippen LogP) is 4.99. The van der Waals surface area contributed by atoms with E-state index in [2.05, 4.69) is 41.4 Å². The summed E-state index contributed by atoms with van der Waals surface area (Å²) >= 11 is 4.67. The van der Waals surface area contributed by atoms with Crippen LogP contribution in [-0.4, -0.2) is 39.6 Å². The van der Waals surface area contributed by atoms with E-state index in [9.17, 15) is 4.79 Å². The summed E-state index contributed by atoms with van der Waals surface area (Å²) in [5.74, 6) is 1.38. The van der Waals surface area contributed by atoms with E-state index < -0.39 is 0 Å². The van der Waals surface area contributed by atoms with Crippen molar-refractivity contribution in [1.82, 2.24) is 15.1 Å². The summed E-state index contributed by atoms with van der Waals surface area (Å²) in [6.07, 6.45) is 0. The molecule has 0 saturated carbocycles. The van der Waals surface area contributed by atoms with Crippen LogP contribution in [0, 0.1) is 0 Å². The van der Waals surface area contributed by atoms with Crippen LogP contribution in [0.4, 0.5) is 0 Å². The average molecular weight is 416 g/mol. The minimum atomic E-state index is -0.110. The largest absolute Gasteiger partial charge is 0.334 e. The lowest BCUT2D eigenvalue weighted by Crippen LogP contribution is -2.33. The fourth-order valence-corrected chi connectivity index (χ4v) is 5.56. The summed E-state index contributed by atoms with van der Waals surface area (Å²) in [6.45, 7) is 2.09. The molecular weight excluding hydrogens is 394 g/mol. The zero-order chi connectivity index (χ0) is 19.1. The Bertz CT molecular complexity index is 816. The third-order valence-corrected chi connectivity index (χ3v) is 7.04. The van der Waals surface area contributed by atoms with Crippen LogP contribution in [0.5, 0.6) is 0 Å². The molecule has 0 spiro atoms. The highest BCUT2D eigenvalue weighted by molar-refractivity contribution is 8.03. The van der Waals surface area contributed by atoms with Gasteiger partial charge in [-0.05, 0) is 16.9 Å². The minimum absolute atomic E-state index is 0.0672. The summed E-state index contributed by atoms with van der Waals surface area (Å²) in [7, 11) is 1.87. The number of carbonyl (C=O) groups is 1. The summed E-state index contributed by atoms with van der Waals surface area (Å²) in [6, 6.07) is 20.1. The zero-order valence-electron chi connectivity index (χ0n) is 15.2.